The predicted molar refractivity (Wildman–Crippen MR) is 122 cm³/mol. The number of nitrogens with zero attached hydrogens (tertiary/aromatic N) is 4. The van der Waals surface area contributed by atoms with E-state index in [0.29, 0.717) is 24.3 Å². The lowest BCUT2D eigenvalue weighted by molar-refractivity contribution is 0.122. The van der Waals surface area contributed by atoms with Gasteiger partial charge in [0.25, 0.3) is 0 Å². The van der Waals surface area contributed by atoms with Crippen LogP contribution in [0.4, 0.5) is 11.6 Å². The van der Waals surface area contributed by atoms with Gasteiger partial charge in [-0.25, -0.2) is 15.0 Å². The van der Waals surface area contributed by atoms with Crippen molar-refractivity contribution in [3.8, 4) is 17.1 Å². The van der Waals surface area contributed by atoms with E-state index in [-0.39, 0.29) is 0 Å². The van der Waals surface area contributed by atoms with Crippen molar-refractivity contribution in [1.82, 2.24) is 15.0 Å². The van der Waals surface area contributed by atoms with Gasteiger partial charge in [-0.1, -0.05) is 0 Å². The maximum absolute atomic E-state index is 5.49. The van der Waals surface area contributed by atoms with Crippen LogP contribution in [-0.2, 0) is 4.74 Å². The van der Waals surface area contributed by atoms with Crippen molar-refractivity contribution in [2.75, 3.05) is 43.0 Å². The van der Waals surface area contributed by atoms with Crippen LogP contribution in [0.3, 0.4) is 0 Å². The highest BCUT2D eigenvalue weighted by atomic mass is 79.9. The van der Waals surface area contributed by atoms with Gasteiger partial charge in [0.15, 0.2) is 0 Å². The molecule has 29 heavy (non-hydrogen) atoms. The summed E-state index contributed by atoms with van der Waals surface area (Å²) in [5.74, 6) is 1.32. The van der Waals surface area contributed by atoms with Crippen LogP contribution in [0.5, 0.6) is 5.88 Å². The fourth-order valence-corrected chi connectivity index (χ4v) is 5.51. The number of hydrogen-bond acceptors (Lipinski definition) is 9. The van der Waals surface area contributed by atoms with Gasteiger partial charge in [0, 0.05) is 35.5 Å². The third-order valence-corrected chi connectivity index (χ3v) is 7.86. The third kappa shape index (κ3) is 4.03. The standard InChI is InChI=1S/C19H20BrN5O2S2/c1-26-18-14(24-29-12-2-3-12)8-11(9-21-18)15-17-16(13(20)10-28-17)23-19(22-15)25-4-6-27-7-5-25/h8-10,12,24H,2-7H2,1H3. The number of aromatic nitrogens is 3. The lowest BCUT2D eigenvalue weighted by Gasteiger charge is -2.27. The summed E-state index contributed by atoms with van der Waals surface area (Å²) in [6, 6.07) is 2.07. The van der Waals surface area contributed by atoms with Crippen LogP contribution in [0.15, 0.2) is 22.1 Å². The normalized spacial score (nSPS) is 17.0. The molecule has 0 spiro atoms. The summed E-state index contributed by atoms with van der Waals surface area (Å²) in [4.78, 5) is 16.5. The van der Waals surface area contributed by atoms with Crippen molar-refractivity contribution in [3.63, 3.8) is 0 Å². The molecule has 1 N–H and O–H groups in total. The van der Waals surface area contributed by atoms with Crippen molar-refractivity contribution in [3.05, 3.63) is 22.1 Å². The maximum Gasteiger partial charge on any atom is 0.237 e. The van der Waals surface area contributed by atoms with Crippen molar-refractivity contribution >= 4 is 61.1 Å². The van der Waals surface area contributed by atoms with E-state index in [0.717, 1.165) is 50.7 Å². The van der Waals surface area contributed by atoms with Crippen molar-refractivity contribution in [2.24, 2.45) is 0 Å². The Balaban J connectivity index is 1.58. The Labute approximate surface area is 185 Å². The van der Waals surface area contributed by atoms with Crippen molar-refractivity contribution < 1.29 is 9.47 Å². The highest BCUT2D eigenvalue weighted by molar-refractivity contribution is 9.10. The average molecular weight is 494 g/mol. The molecule has 1 aliphatic carbocycles. The van der Waals surface area contributed by atoms with Gasteiger partial charge in [-0.05, 0) is 46.8 Å². The Morgan fingerprint density at radius 2 is 2.14 bits per heavy atom. The monoisotopic (exact) mass is 493 g/mol. The number of ether oxygens (including phenoxy) is 2. The Morgan fingerprint density at radius 3 is 2.90 bits per heavy atom. The first kappa shape index (κ1) is 19.3. The molecule has 3 aromatic heterocycles. The second-order valence-electron chi connectivity index (χ2n) is 6.93. The minimum atomic E-state index is 0.591. The largest absolute Gasteiger partial charge is 0.480 e. The van der Waals surface area contributed by atoms with Crippen LogP contribution in [0.25, 0.3) is 21.5 Å². The van der Waals surface area contributed by atoms with Gasteiger partial charge in [0.2, 0.25) is 11.8 Å². The van der Waals surface area contributed by atoms with Gasteiger partial charge in [-0.15, -0.1) is 11.3 Å². The zero-order valence-corrected chi connectivity index (χ0v) is 19.1. The van der Waals surface area contributed by atoms with Crippen LogP contribution in [0.2, 0.25) is 0 Å². The van der Waals surface area contributed by atoms with Crippen LogP contribution in [-0.4, -0.2) is 53.6 Å². The van der Waals surface area contributed by atoms with E-state index in [9.17, 15) is 0 Å². The maximum atomic E-state index is 5.49. The fourth-order valence-electron chi connectivity index (χ4n) is 3.13. The molecule has 0 bridgehead atoms. The van der Waals surface area contributed by atoms with Gasteiger partial charge in [-0.3, -0.25) is 0 Å². The number of thiophene rings is 1. The van der Waals surface area contributed by atoms with Crippen LogP contribution in [0, 0.1) is 0 Å². The first-order valence-corrected chi connectivity index (χ1v) is 12.0. The van der Waals surface area contributed by atoms with Crippen LogP contribution < -0.4 is 14.4 Å². The molecule has 0 atom stereocenters. The third-order valence-electron chi connectivity index (χ3n) is 4.83. The molecule has 1 aliphatic heterocycles. The van der Waals surface area contributed by atoms with E-state index in [1.54, 1.807) is 30.4 Å². The minimum Gasteiger partial charge on any atom is -0.480 e. The fraction of sp³-hybridized carbons (Fsp3) is 0.421. The second-order valence-corrected chi connectivity index (χ2v) is 9.77. The van der Waals surface area contributed by atoms with Gasteiger partial charge < -0.3 is 19.1 Å². The number of halogens is 1. The molecule has 0 radical (unpaired) electrons. The molecule has 5 rings (SSSR count). The number of fused-ring (bicyclic) bond motifs is 1. The molecule has 0 amide bonds. The topological polar surface area (TPSA) is 72.4 Å². The molecule has 152 valence electrons. The number of pyridine rings is 1. The van der Waals surface area contributed by atoms with Gasteiger partial charge in [-0.2, -0.15) is 0 Å². The first-order chi connectivity index (χ1) is 14.2. The van der Waals surface area contributed by atoms with Crippen LogP contribution in [0.1, 0.15) is 12.8 Å². The summed E-state index contributed by atoms with van der Waals surface area (Å²) < 4.78 is 16.4. The molecule has 3 aromatic rings. The Hall–Kier alpha value is -1.62. The van der Waals surface area contributed by atoms with E-state index in [1.807, 2.05) is 6.20 Å². The van der Waals surface area contributed by atoms with E-state index in [4.69, 9.17) is 19.4 Å². The molecule has 7 nitrogen and oxygen atoms in total. The number of rotatable bonds is 6. The average Bonchev–Trinajstić information content (AvgIpc) is 3.53. The molecular formula is C19H20BrN5O2S2. The quantitative estimate of drug-likeness (QED) is 0.500. The molecular weight excluding hydrogens is 474 g/mol. The van der Waals surface area contributed by atoms with E-state index in [1.165, 1.54) is 12.8 Å². The predicted octanol–water partition coefficient (Wildman–Crippen LogP) is 4.58. The molecule has 1 saturated heterocycles. The minimum absolute atomic E-state index is 0.591. The van der Waals surface area contributed by atoms with Gasteiger partial charge in [0.1, 0.15) is 11.2 Å². The Bertz CT molecular complexity index is 1040. The Morgan fingerprint density at radius 1 is 1.31 bits per heavy atom. The van der Waals surface area contributed by atoms with E-state index >= 15 is 0 Å². The summed E-state index contributed by atoms with van der Waals surface area (Å²) in [6.45, 7) is 2.97. The lowest BCUT2D eigenvalue weighted by Crippen LogP contribution is -2.37. The number of hydrogen-bond donors (Lipinski definition) is 1. The summed E-state index contributed by atoms with van der Waals surface area (Å²) in [5, 5.41) is 2.74. The summed E-state index contributed by atoms with van der Waals surface area (Å²) in [5.41, 5.74) is 3.64. The van der Waals surface area contributed by atoms with Crippen molar-refractivity contribution in [1.29, 1.82) is 0 Å². The van der Waals surface area contributed by atoms with Crippen molar-refractivity contribution in [2.45, 2.75) is 18.1 Å². The zero-order chi connectivity index (χ0) is 19.8. The zero-order valence-electron chi connectivity index (χ0n) is 15.9. The smallest absolute Gasteiger partial charge is 0.237 e. The summed E-state index contributed by atoms with van der Waals surface area (Å²) >= 11 is 7.01. The highest BCUT2D eigenvalue weighted by Crippen LogP contribution is 2.40. The van der Waals surface area contributed by atoms with E-state index in [2.05, 4.69) is 42.0 Å². The first-order valence-electron chi connectivity index (χ1n) is 9.46. The molecule has 2 fully saturated rings. The number of nitrogens with one attached hydrogen (secondary N) is 1. The number of morpholine rings is 1. The second kappa shape index (κ2) is 8.25. The Kier molecular flexibility index (Phi) is 5.51. The molecule has 1 saturated carbocycles. The molecule has 2 aliphatic rings. The molecule has 0 aromatic carbocycles. The molecule has 0 unspecified atom stereocenters. The van der Waals surface area contributed by atoms with Crippen LogP contribution >= 0.6 is 39.2 Å². The summed E-state index contributed by atoms with van der Waals surface area (Å²) in [7, 11) is 1.64. The lowest BCUT2D eigenvalue weighted by atomic mass is 10.2. The molecule has 4 heterocycles. The SMILES string of the molecule is COc1ncc(-c2nc(N3CCOCC3)nc3c(Br)csc23)cc1NSC1CC1. The van der Waals surface area contributed by atoms with Gasteiger partial charge >= 0.3 is 0 Å². The number of anilines is 2. The highest BCUT2D eigenvalue weighted by Gasteiger charge is 2.24. The van der Waals surface area contributed by atoms with E-state index < -0.39 is 0 Å². The van der Waals surface area contributed by atoms with Gasteiger partial charge in [0.05, 0.1) is 35.2 Å². The summed E-state index contributed by atoms with van der Waals surface area (Å²) in [6.07, 6.45) is 4.34. The molecule has 10 heteroatoms. The number of methoxy groups -OCH3 is 1.